The lowest BCUT2D eigenvalue weighted by atomic mass is 9.96. The minimum atomic E-state index is -1.10. The summed E-state index contributed by atoms with van der Waals surface area (Å²) < 4.78 is 24.6. The van der Waals surface area contributed by atoms with Gasteiger partial charge in [0.1, 0.15) is 11.9 Å². The van der Waals surface area contributed by atoms with Crippen LogP contribution in [0.5, 0.6) is 0 Å². The van der Waals surface area contributed by atoms with E-state index in [9.17, 15) is 14.0 Å². The number of hydrogen-bond acceptors (Lipinski definition) is 8. The summed E-state index contributed by atoms with van der Waals surface area (Å²) in [5.74, 6) is -1.31. The largest absolute Gasteiger partial charge is 0.460 e. The molecule has 1 N–H and O–H groups in total. The Hall–Kier alpha value is -2.59. The van der Waals surface area contributed by atoms with Crippen molar-refractivity contribution in [3.63, 3.8) is 0 Å². The van der Waals surface area contributed by atoms with Crippen molar-refractivity contribution in [3.8, 4) is 0 Å². The molecule has 10 heteroatoms. The number of benzene rings is 1. The molecular weight excluding hydrogens is 489 g/mol. The van der Waals surface area contributed by atoms with Gasteiger partial charge in [0.25, 0.3) is 0 Å². The summed E-state index contributed by atoms with van der Waals surface area (Å²) >= 11 is 4.75. The number of amidine groups is 1. The zero-order valence-corrected chi connectivity index (χ0v) is 19.7. The normalized spacial score (nSPS) is 17.1. The Balaban J connectivity index is 1.97. The maximum absolute atomic E-state index is 13.7. The number of halogens is 2. The molecule has 2 atom stereocenters. The number of carbonyl (C=O) groups is 2. The van der Waals surface area contributed by atoms with Crippen LogP contribution in [-0.4, -0.2) is 35.0 Å². The van der Waals surface area contributed by atoms with Crippen molar-refractivity contribution in [2.24, 2.45) is 4.99 Å². The first-order valence-corrected chi connectivity index (χ1v) is 11.2. The van der Waals surface area contributed by atoms with E-state index >= 15 is 0 Å². The number of esters is 2. The third kappa shape index (κ3) is 5.37. The summed E-state index contributed by atoms with van der Waals surface area (Å²) in [7, 11) is 0. The Kier molecular flexibility index (Phi) is 7.22. The first-order chi connectivity index (χ1) is 14.7. The molecule has 1 aromatic carbocycles. The highest BCUT2D eigenvalue weighted by Crippen LogP contribution is 2.36. The van der Waals surface area contributed by atoms with Crippen LogP contribution in [0, 0.1) is 5.82 Å². The van der Waals surface area contributed by atoms with Gasteiger partial charge in [0.05, 0.1) is 11.7 Å². The number of hydrogen-bond donors (Lipinski definition) is 1. The fourth-order valence-electron chi connectivity index (χ4n) is 2.94. The van der Waals surface area contributed by atoms with Crippen LogP contribution in [0.4, 0.5) is 4.39 Å². The van der Waals surface area contributed by atoms with Gasteiger partial charge in [0.15, 0.2) is 16.9 Å². The summed E-state index contributed by atoms with van der Waals surface area (Å²) in [6.07, 6.45) is 0.217. The second-order valence-electron chi connectivity index (χ2n) is 7.08. The zero-order valence-electron chi connectivity index (χ0n) is 17.3. The van der Waals surface area contributed by atoms with Gasteiger partial charge in [0, 0.05) is 21.7 Å². The van der Waals surface area contributed by atoms with E-state index in [2.05, 4.69) is 31.2 Å². The van der Waals surface area contributed by atoms with Crippen LogP contribution in [0.1, 0.15) is 44.3 Å². The topological polar surface area (TPSA) is 89.9 Å². The molecular formula is C21H21BrFN3O4S. The highest BCUT2D eigenvalue weighted by atomic mass is 79.9. The molecule has 0 saturated heterocycles. The van der Waals surface area contributed by atoms with Crippen molar-refractivity contribution >= 4 is 45.0 Å². The Bertz CT molecular complexity index is 1050. The van der Waals surface area contributed by atoms with E-state index in [4.69, 9.17) is 9.47 Å². The molecule has 2 heterocycles. The molecule has 0 unspecified atom stereocenters. The molecule has 0 saturated carbocycles. The minimum absolute atomic E-state index is 0.205. The minimum Gasteiger partial charge on any atom is -0.460 e. The van der Waals surface area contributed by atoms with Crippen LogP contribution in [0.2, 0.25) is 0 Å². The Labute approximate surface area is 191 Å². The summed E-state index contributed by atoms with van der Waals surface area (Å²) in [5, 5.41) is 5.54. The van der Waals surface area contributed by atoms with E-state index in [1.54, 1.807) is 33.0 Å². The van der Waals surface area contributed by atoms with Crippen LogP contribution >= 0.6 is 27.3 Å². The van der Waals surface area contributed by atoms with Gasteiger partial charge in [-0.05, 0) is 45.4 Å². The SMILES string of the molecule is CC1=C(C(=O)O[C@H](C)C(=O)OC(C)C)[C@@H](c2ccc(F)cc2Br)N=C(c2nccs2)N1. The van der Waals surface area contributed by atoms with Crippen molar-refractivity contribution in [3.05, 3.63) is 61.9 Å². The van der Waals surface area contributed by atoms with Gasteiger partial charge in [-0.15, -0.1) is 11.3 Å². The van der Waals surface area contributed by atoms with E-state index in [1.165, 1.54) is 30.4 Å². The van der Waals surface area contributed by atoms with Gasteiger partial charge in [-0.2, -0.15) is 0 Å². The fraction of sp³-hybridized carbons (Fsp3) is 0.333. The predicted molar refractivity (Wildman–Crippen MR) is 118 cm³/mol. The molecule has 0 bridgehead atoms. The van der Waals surface area contributed by atoms with Gasteiger partial charge >= 0.3 is 11.9 Å². The maximum atomic E-state index is 13.7. The van der Waals surface area contributed by atoms with Crippen molar-refractivity contribution < 1.29 is 23.5 Å². The number of carbonyl (C=O) groups excluding carboxylic acids is 2. The number of nitrogens with zero attached hydrogens (tertiary/aromatic N) is 2. The lowest BCUT2D eigenvalue weighted by Crippen LogP contribution is -2.35. The molecule has 7 nitrogen and oxygen atoms in total. The van der Waals surface area contributed by atoms with Gasteiger partial charge in [0.2, 0.25) is 0 Å². The second kappa shape index (κ2) is 9.69. The molecule has 3 rings (SSSR count). The number of allylic oxidation sites excluding steroid dienone is 1. The van der Waals surface area contributed by atoms with E-state index in [0.29, 0.717) is 26.6 Å². The maximum Gasteiger partial charge on any atom is 0.347 e. The molecule has 164 valence electrons. The third-order valence-corrected chi connectivity index (χ3v) is 5.79. The summed E-state index contributed by atoms with van der Waals surface area (Å²) in [6.45, 7) is 6.57. The molecule has 2 aromatic rings. The van der Waals surface area contributed by atoms with Gasteiger partial charge in [-0.3, -0.25) is 4.99 Å². The highest BCUT2D eigenvalue weighted by molar-refractivity contribution is 9.10. The fourth-order valence-corrected chi connectivity index (χ4v) is 4.09. The van der Waals surface area contributed by atoms with Gasteiger partial charge < -0.3 is 14.8 Å². The lowest BCUT2D eigenvalue weighted by Gasteiger charge is -2.27. The summed E-state index contributed by atoms with van der Waals surface area (Å²) in [5.41, 5.74) is 1.27. The average Bonchev–Trinajstić information content (AvgIpc) is 3.21. The molecule has 0 amide bonds. The van der Waals surface area contributed by atoms with Crippen LogP contribution < -0.4 is 5.32 Å². The molecule has 31 heavy (non-hydrogen) atoms. The number of aliphatic imine (C=N–C) groups is 1. The molecule has 0 fully saturated rings. The number of nitrogens with one attached hydrogen (secondary N) is 1. The summed E-state index contributed by atoms with van der Waals surface area (Å²) in [6, 6.07) is 3.35. The number of aromatic nitrogens is 1. The van der Waals surface area contributed by atoms with Crippen LogP contribution in [0.3, 0.4) is 0 Å². The average molecular weight is 510 g/mol. The van der Waals surface area contributed by atoms with Crippen molar-refractivity contribution in [2.45, 2.75) is 45.9 Å². The van der Waals surface area contributed by atoms with Crippen molar-refractivity contribution in [1.82, 2.24) is 10.3 Å². The molecule has 1 aliphatic heterocycles. The Morgan fingerprint density at radius 1 is 1.26 bits per heavy atom. The smallest absolute Gasteiger partial charge is 0.347 e. The monoisotopic (exact) mass is 509 g/mol. The third-order valence-electron chi connectivity index (χ3n) is 4.32. The lowest BCUT2D eigenvalue weighted by molar-refractivity contribution is -0.167. The van der Waals surface area contributed by atoms with Gasteiger partial charge in [-0.1, -0.05) is 22.0 Å². The van der Waals surface area contributed by atoms with E-state index < -0.39 is 29.9 Å². The number of rotatable bonds is 6. The van der Waals surface area contributed by atoms with Crippen LogP contribution in [0.15, 0.2) is 50.5 Å². The van der Waals surface area contributed by atoms with E-state index in [0.717, 1.165) is 0 Å². The van der Waals surface area contributed by atoms with E-state index in [-0.39, 0.29) is 11.7 Å². The number of ether oxygens (including phenoxy) is 2. The quantitative estimate of drug-likeness (QED) is 0.584. The van der Waals surface area contributed by atoms with Crippen molar-refractivity contribution in [2.75, 3.05) is 0 Å². The van der Waals surface area contributed by atoms with E-state index in [1.807, 2.05) is 5.38 Å². The second-order valence-corrected chi connectivity index (χ2v) is 8.83. The first kappa shape index (κ1) is 23.1. The molecule has 1 aliphatic rings. The molecule has 0 aliphatic carbocycles. The van der Waals surface area contributed by atoms with Crippen LogP contribution in [0.25, 0.3) is 0 Å². The first-order valence-electron chi connectivity index (χ1n) is 9.49. The van der Waals surface area contributed by atoms with Crippen LogP contribution in [-0.2, 0) is 19.1 Å². The standard InChI is InChI=1S/C21H21BrFN3O4S/c1-10(2)29-20(27)12(4)30-21(28)16-11(3)25-18(19-24-7-8-31-19)26-17(16)14-6-5-13(23)9-15(14)22/h5-10,12,17H,1-4H3,(H,25,26)/t12-,17-/m1/s1. The molecule has 0 radical (unpaired) electrons. The summed E-state index contributed by atoms with van der Waals surface area (Å²) in [4.78, 5) is 34.1. The van der Waals surface area contributed by atoms with Gasteiger partial charge in [-0.25, -0.2) is 19.0 Å². The molecule has 0 spiro atoms. The Morgan fingerprint density at radius 2 is 2.00 bits per heavy atom. The zero-order chi connectivity index (χ0) is 22.7. The Morgan fingerprint density at radius 3 is 2.61 bits per heavy atom. The predicted octanol–water partition coefficient (Wildman–Crippen LogP) is 4.29. The van der Waals surface area contributed by atoms with Crippen molar-refractivity contribution in [1.29, 1.82) is 0 Å². The molecule has 1 aromatic heterocycles. The number of thiazole rings is 1. The highest BCUT2D eigenvalue weighted by Gasteiger charge is 2.34.